The molecule has 1 atom stereocenters. The quantitative estimate of drug-likeness (QED) is 0.786. The van der Waals surface area contributed by atoms with Gasteiger partial charge in [0.25, 0.3) is 6.47 Å². The first-order chi connectivity index (χ1) is 12.1. The highest BCUT2D eigenvalue weighted by molar-refractivity contribution is 5.76. The molecule has 1 aromatic heterocycles. The smallest absolute Gasteiger partial charge is 0.299 e. The van der Waals surface area contributed by atoms with E-state index in [0.717, 1.165) is 6.42 Å². The Morgan fingerprint density at radius 3 is 2.68 bits per heavy atom. The third kappa shape index (κ3) is 4.70. The molecule has 0 radical (unpaired) electrons. The summed E-state index contributed by atoms with van der Waals surface area (Å²) < 4.78 is 4.34. The topological polar surface area (TPSA) is 88.2 Å². The summed E-state index contributed by atoms with van der Waals surface area (Å²) in [5, 5.41) is 15.1. The largest absolute Gasteiger partial charge is 0.408 e. The Bertz CT molecular complexity index is 781. The standard InChI is InChI=1S/C13H17N.C6H3N3O2/c1-4-13-12-6-5-10(9(2)3)7-11(12)8-14-13;7-3-5-1-2-6(9-8-5)11-4-10/h5-9,11H,4H2,1-3H3;1-2,4H. The van der Waals surface area contributed by atoms with Crippen molar-refractivity contribution in [2.75, 3.05) is 0 Å². The van der Waals surface area contributed by atoms with Crippen molar-refractivity contribution in [2.45, 2.75) is 27.2 Å². The molecule has 0 saturated carbocycles. The lowest BCUT2D eigenvalue weighted by atomic mass is 9.88. The van der Waals surface area contributed by atoms with Crippen LogP contribution in [-0.2, 0) is 4.79 Å². The summed E-state index contributed by atoms with van der Waals surface area (Å²) in [5.74, 6) is 1.15. The first-order valence-corrected chi connectivity index (χ1v) is 8.10. The number of carbonyl (C=O) groups excluding carboxylic acids is 1. The van der Waals surface area contributed by atoms with Crippen LogP contribution in [0.15, 0.2) is 52.2 Å². The number of hydrogen-bond donors (Lipinski definition) is 0. The lowest BCUT2D eigenvalue weighted by molar-refractivity contribution is -0.121. The number of rotatable bonds is 4. The van der Waals surface area contributed by atoms with E-state index in [2.05, 4.69) is 65.1 Å². The molecule has 2 aliphatic rings. The molecule has 1 aromatic rings. The second-order valence-electron chi connectivity index (χ2n) is 5.80. The van der Waals surface area contributed by atoms with Crippen molar-refractivity contribution < 1.29 is 9.53 Å². The second kappa shape index (κ2) is 8.69. The number of nitriles is 1. The van der Waals surface area contributed by atoms with Crippen LogP contribution in [0, 0.1) is 23.2 Å². The molecule has 0 amide bonds. The van der Waals surface area contributed by atoms with Crippen LogP contribution in [0.1, 0.15) is 32.9 Å². The lowest BCUT2D eigenvalue weighted by Gasteiger charge is -2.16. The van der Waals surface area contributed by atoms with Gasteiger partial charge in [0, 0.05) is 23.9 Å². The number of aromatic nitrogens is 2. The summed E-state index contributed by atoms with van der Waals surface area (Å²) in [6.07, 6.45) is 9.93. The molecular weight excluding hydrogens is 316 g/mol. The third-order valence-electron chi connectivity index (χ3n) is 3.84. The third-order valence-corrected chi connectivity index (χ3v) is 3.84. The fourth-order valence-corrected chi connectivity index (χ4v) is 2.48. The summed E-state index contributed by atoms with van der Waals surface area (Å²) >= 11 is 0. The highest BCUT2D eigenvalue weighted by Gasteiger charge is 2.20. The SMILES string of the molecule is CCC1=C2C=CC(C(C)C)=CC2C=N1.N#Cc1ccc(OC=O)nn1. The Morgan fingerprint density at radius 2 is 2.12 bits per heavy atom. The van der Waals surface area contributed by atoms with Gasteiger partial charge in [0.15, 0.2) is 5.69 Å². The highest BCUT2D eigenvalue weighted by atomic mass is 16.5. The number of nitrogens with zero attached hydrogens (tertiary/aromatic N) is 4. The monoisotopic (exact) mass is 336 g/mol. The minimum atomic E-state index is 0.0824. The van der Waals surface area contributed by atoms with Crippen molar-refractivity contribution >= 4 is 12.7 Å². The Morgan fingerprint density at radius 1 is 1.32 bits per heavy atom. The van der Waals surface area contributed by atoms with Crippen LogP contribution < -0.4 is 4.74 Å². The van der Waals surface area contributed by atoms with Gasteiger partial charge in [-0.3, -0.25) is 9.79 Å². The van der Waals surface area contributed by atoms with E-state index < -0.39 is 0 Å². The van der Waals surface area contributed by atoms with Crippen LogP contribution >= 0.6 is 0 Å². The summed E-state index contributed by atoms with van der Waals surface area (Å²) in [6.45, 7) is 6.88. The molecule has 2 heterocycles. The number of fused-ring (bicyclic) bond motifs is 1. The normalized spacial score (nSPS) is 17.4. The van der Waals surface area contributed by atoms with Gasteiger partial charge in [-0.05, 0) is 29.6 Å². The molecule has 0 saturated heterocycles. The van der Waals surface area contributed by atoms with Gasteiger partial charge >= 0.3 is 0 Å². The molecule has 1 aliphatic carbocycles. The zero-order valence-corrected chi connectivity index (χ0v) is 14.5. The fraction of sp³-hybridized carbons (Fsp3) is 0.316. The average Bonchev–Trinajstić information content (AvgIpc) is 3.05. The van der Waals surface area contributed by atoms with Gasteiger partial charge in [0.2, 0.25) is 5.88 Å². The van der Waals surface area contributed by atoms with Gasteiger partial charge in [0.05, 0.1) is 0 Å². The summed E-state index contributed by atoms with van der Waals surface area (Å²) in [5.41, 5.74) is 4.27. The second-order valence-corrected chi connectivity index (χ2v) is 5.80. The van der Waals surface area contributed by atoms with Crippen LogP contribution in [0.4, 0.5) is 0 Å². The van der Waals surface area contributed by atoms with Crippen molar-refractivity contribution in [1.29, 1.82) is 5.26 Å². The summed E-state index contributed by atoms with van der Waals surface area (Å²) in [7, 11) is 0. The van der Waals surface area contributed by atoms with Crippen LogP contribution in [-0.4, -0.2) is 22.9 Å². The van der Waals surface area contributed by atoms with E-state index in [1.165, 1.54) is 29.0 Å². The van der Waals surface area contributed by atoms with E-state index in [4.69, 9.17) is 5.26 Å². The Labute approximate surface area is 147 Å². The van der Waals surface area contributed by atoms with Gasteiger partial charge in [-0.25, -0.2) is 0 Å². The first kappa shape index (κ1) is 18.3. The van der Waals surface area contributed by atoms with Crippen LogP contribution in [0.5, 0.6) is 5.88 Å². The summed E-state index contributed by atoms with van der Waals surface area (Å²) in [4.78, 5) is 14.2. The van der Waals surface area contributed by atoms with E-state index >= 15 is 0 Å². The Kier molecular flexibility index (Phi) is 6.35. The molecule has 128 valence electrons. The van der Waals surface area contributed by atoms with Crippen molar-refractivity contribution in [2.24, 2.45) is 16.8 Å². The number of aliphatic imine (C=N–C) groups is 1. The molecule has 0 spiro atoms. The molecule has 1 unspecified atom stereocenters. The predicted molar refractivity (Wildman–Crippen MR) is 94.8 cm³/mol. The molecule has 0 N–H and O–H groups in total. The van der Waals surface area contributed by atoms with Crippen molar-refractivity contribution in [1.82, 2.24) is 10.2 Å². The number of hydrogen-bond acceptors (Lipinski definition) is 6. The van der Waals surface area contributed by atoms with E-state index in [9.17, 15) is 4.79 Å². The predicted octanol–water partition coefficient (Wildman–Crippen LogP) is 3.39. The van der Waals surface area contributed by atoms with E-state index in [1.807, 2.05) is 0 Å². The molecule has 25 heavy (non-hydrogen) atoms. The minimum Gasteiger partial charge on any atom is -0.408 e. The molecule has 6 heteroatoms. The maximum Gasteiger partial charge on any atom is 0.299 e. The lowest BCUT2D eigenvalue weighted by Crippen LogP contribution is -2.05. The highest BCUT2D eigenvalue weighted by Crippen LogP contribution is 2.32. The Balaban J connectivity index is 0.000000186. The van der Waals surface area contributed by atoms with E-state index in [-0.39, 0.29) is 18.0 Å². The molecule has 0 fully saturated rings. The molecule has 6 nitrogen and oxygen atoms in total. The minimum absolute atomic E-state index is 0.0824. The van der Waals surface area contributed by atoms with E-state index in [0.29, 0.717) is 11.8 Å². The first-order valence-electron chi connectivity index (χ1n) is 8.10. The van der Waals surface area contributed by atoms with Gasteiger partial charge in [-0.2, -0.15) is 5.26 Å². The van der Waals surface area contributed by atoms with Gasteiger partial charge in [-0.15, -0.1) is 10.2 Å². The maximum absolute atomic E-state index is 9.77. The molecule has 0 aromatic carbocycles. The number of carbonyl (C=O) groups is 1. The average molecular weight is 336 g/mol. The number of ether oxygens (including phenoxy) is 1. The molecular formula is C19H20N4O2. The fourth-order valence-electron chi connectivity index (χ4n) is 2.48. The van der Waals surface area contributed by atoms with Gasteiger partial charge in [0.1, 0.15) is 6.07 Å². The molecule has 1 aliphatic heterocycles. The zero-order chi connectivity index (χ0) is 18.2. The molecule has 0 bridgehead atoms. The summed E-state index contributed by atoms with van der Waals surface area (Å²) in [6, 6.07) is 4.58. The van der Waals surface area contributed by atoms with E-state index in [1.54, 1.807) is 6.07 Å². The van der Waals surface area contributed by atoms with Crippen molar-refractivity contribution in [3.8, 4) is 11.9 Å². The Hall–Kier alpha value is -3.07. The maximum atomic E-state index is 9.77. The number of allylic oxidation sites excluding steroid dienone is 6. The zero-order valence-electron chi connectivity index (χ0n) is 14.5. The van der Waals surface area contributed by atoms with Crippen molar-refractivity contribution in [3.05, 3.63) is 52.9 Å². The van der Waals surface area contributed by atoms with Gasteiger partial charge < -0.3 is 4.74 Å². The van der Waals surface area contributed by atoms with Crippen molar-refractivity contribution in [3.63, 3.8) is 0 Å². The molecule has 3 rings (SSSR count). The van der Waals surface area contributed by atoms with Crippen LogP contribution in [0.25, 0.3) is 0 Å². The van der Waals surface area contributed by atoms with Crippen LogP contribution in [0.2, 0.25) is 0 Å². The van der Waals surface area contributed by atoms with Crippen LogP contribution in [0.3, 0.4) is 0 Å². The van der Waals surface area contributed by atoms with Gasteiger partial charge in [-0.1, -0.05) is 39.0 Å².